The van der Waals surface area contributed by atoms with E-state index in [0.717, 1.165) is 37.1 Å². The Morgan fingerprint density at radius 1 is 1.08 bits per heavy atom. The number of amides is 2. The molecule has 1 aliphatic carbocycles. The first-order valence-corrected chi connectivity index (χ1v) is 12.2. The van der Waals surface area contributed by atoms with Crippen molar-refractivity contribution in [1.82, 2.24) is 24.3 Å². The summed E-state index contributed by atoms with van der Waals surface area (Å²) >= 11 is 0. The fraction of sp³-hybridized carbons (Fsp3) is 0.250. The van der Waals surface area contributed by atoms with Crippen LogP contribution in [0.25, 0.3) is 16.8 Å². The van der Waals surface area contributed by atoms with Crippen molar-refractivity contribution in [2.75, 3.05) is 11.1 Å². The average Bonchev–Trinajstić information content (AvgIpc) is 3.43. The monoisotopic (exact) mass is 491 g/mol. The van der Waals surface area contributed by atoms with Gasteiger partial charge < -0.3 is 16.0 Å². The minimum atomic E-state index is -0.256. The standard InChI is InChI=1S/C28H25N7O2/c1-2-5-22(36)35-20(11-12-28(35)13-14-28)26-33-23(24-25(29)31-16-17-34(24)26)18-7-9-19(10-8-18)27(37)32-21-6-3-4-15-30-21/h3-4,6-10,15-17,20H,11-14H2,1H3,(H2,29,31)(H,30,32,37)/t20-/m0/s1. The molecule has 6 rings (SSSR count). The number of hydrogen-bond donors (Lipinski definition) is 2. The summed E-state index contributed by atoms with van der Waals surface area (Å²) in [4.78, 5) is 41.1. The first-order chi connectivity index (χ1) is 18.0. The van der Waals surface area contributed by atoms with Crippen LogP contribution in [0.5, 0.6) is 0 Å². The van der Waals surface area contributed by atoms with Gasteiger partial charge in [-0.25, -0.2) is 15.0 Å². The predicted molar refractivity (Wildman–Crippen MR) is 139 cm³/mol. The van der Waals surface area contributed by atoms with Gasteiger partial charge in [0.15, 0.2) is 0 Å². The number of nitrogen functional groups attached to an aromatic ring is 1. The number of fused-ring (bicyclic) bond motifs is 1. The Morgan fingerprint density at radius 2 is 1.89 bits per heavy atom. The van der Waals surface area contributed by atoms with Crippen molar-refractivity contribution < 1.29 is 9.59 Å². The molecule has 1 saturated carbocycles. The highest BCUT2D eigenvalue weighted by atomic mass is 16.2. The van der Waals surface area contributed by atoms with Gasteiger partial charge in [-0.3, -0.25) is 14.0 Å². The summed E-state index contributed by atoms with van der Waals surface area (Å²) in [6.07, 6.45) is 8.81. The van der Waals surface area contributed by atoms with Crippen LogP contribution in [0.4, 0.5) is 11.6 Å². The number of imidazole rings is 1. The van der Waals surface area contributed by atoms with E-state index in [-0.39, 0.29) is 23.4 Å². The van der Waals surface area contributed by atoms with Crippen molar-refractivity contribution in [3.05, 3.63) is 72.4 Å². The lowest BCUT2D eigenvalue weighted by Gasteiger charge is -2.28. The molecule has 9 heteroatoms. The van der Waals surface area contributed by atoms with Crippen LogP contribution in [0.2, 0.25) is 0 Å². The van der Waals surface area contributed by atoms with Crippen molar-refractivity contribution in [2.45, 2.75) is 44.2 Å². The topological polar surface area (TPSA) is 119 Å². The Morgan fingerprint density at radius 3 is 2.59 bits per heavy atom. The molecule has 2 aliphatic rings. The van der Waals surface area contributed by atoms with Crippen LogP contribution in [0.3, 0.4) is 0 Å². The maximum Gasteiger partial charge on any atom is 0.299 e. The van der Waals surface area contributed by atoms with Gasteiger partial charge in [0.05, 0.1) is 6.04 Å². The molecule has 4 aromatic rings. The molecule has 4 heterocycles. The Balaban J connectivity index is 1.38. The van der Waals surface area contributed by atoms with E-state index in [4.69, 9.17) is 10.7 Å². The summed E-state index contributed by atoms with van der Waals surface area (Å²) in [6, 6.07) is 12.3. The molecule has 3 aromatic heterocycles. The number of anilines is 2. The second kappa shape index (κ2) is 8.75. The summed E-state index contributed by atoms with van der Waals surface area (Å²) < 4.78 is 1.94. The quantitative estimate of drug-likeness (QED) is 0.419. The second-order valence-electron chi connectivity index (χ2n) is 9.43. The van der Waals surface area contributed by atoms with Crippen molar-refractivity contribution in [1.29, 1.82) is 0 Å². The van der Waals surface area contributed by atoms with Crippen LogP contribution in [0.1, 0.15) is 54.8 Å². The smallest absolute Gasteiger partial charge is 0.299 e. The third kappa shape index (κ3) is 3.87. The number of benzene rings is 1. The summed E-state index contributed by atoms with van der Waals surface area (Å²) in [7, 11) is 0. The molecule has 9 nitrogen and oxygen atoms in total. The summed E-state index contributed by atoms with van der Waals surface area (Å²) in [5.41, 5.74) is 8.84. The molecule has 2 amide bonds. The molecule has 1 spiro atoms. The molecule has 1 atom stereocenters. The largest absolute Gasteiger partial charge is 0.382 e. The molecule has 184 valence electrons. The number of aromatic nitrogens is 4. The first-order valence-electron chi connectivity index (χ1n) is 12.2. The Kier molecular flexibility index (Phi) is 5.37. The maximum absolute atomic E-state index is 13.0. The highest BCUT2D eigenvalue weighted by Crippen LogP contribution is 2.56. The van der Waals surface area contributed by atoms with E-state index < -0.39 is 0 Å². The molecule has 37 heavy (non-hydrogen) atoms. The maximum atomic E-state index is 13.0. The van der Waals surface area contributed by atoms with Crippen LogP contribution < -0.4 is 11.1 Å². The molecule has 2 fully saturated rings. The SMILES string of the molecule is CC#CC(=O)N1[C@H](c2nc(-c3ccc(C(=O)Nc4ccccn4)cc3)c3c(N)nccn23)CCC12CC2. The molecule has 1 aliphatic heterocycles. The Bertz CT molecular complexity index is 1580. The highest BCUT2D eigenvalue weighted by Gasteiger charge is 2.57. The highest BCUT2D eigenvalue weighted by molar-refractivity contribution is 6.04. The number of hydrogen-bond acceptors (Lipinski definition) is 6. The zero-order valence-electron chi connectivity index (χ0n) is 20.3. The molecule has 1 saturated heterocycles. The summed E-state index contributed by atoms with van der Waals surface area (Å²) in [5.74, 6) is 6.64. The average molecular weight is 492 g/mol. The van der Waals surface area contributed by atoms with Crippen LogP contribution >= 0.6 is 0 Å². The first kappa shape index (κ1) is 22.7. The molecule has 0 unspecified atom stereocenters. The van der Waals surface area contributed by atoms with Gasteiger partial charge in [-0.2, -0.15) is 0 Å². The molecule has 1 aromatic carbocycles. The molecule has 0 bridgehead atoms. The number of nitrogens with two attached hydrogens (primary N) is 1. The normalized spacial score (nSPS) is 17.4. The number of rotatable bonds is 4. The number of nitrogens with zero attached hydrogens (tertiary/aromatic N) is 5. The summed E-state index contributed by atoms with van der Waals surface area (Å²) in [6.45, 7) is 1.68. The Labute approximate surface area is 213 Å². The van der Waals surface area contributed by atoms with Gasteiger partial charge in [0.2, 0.25) is 0 Å². The summed E-state index contributed by atoms with van der Waals surface area (Å²) in [5, 5.41) is 2.79. The molecule has 0 radical (unpaired) electrons. The van der Waals surface area contributed by atoms with E-state index in [1.54, 1.807) is 43.6 Å². The van der Waals surface area contributed by atoms with Gasteiger partial charge in [-0.1, -0.05) is 24.1 Å². The minimum Gasteiger partial charge on any atom is -0.382 e. The van der Waals surface area contributed by atoms with Crippen LogP contribution in [0.15, 0.2) is 61.1 Å². The lowest BCUT2D eigenvalue weighted by atomic mass is 10.1. The predicted octanol–water partition coefficient (Wildman–Crippen LogP) is 3.85. The minimum absolute atomic E-state index is 0.112. The van der Waals surface area contributed by atoms with Crippen molar-refractivity contribution in [3.8, 4) is 23.1 Å². The van der Waals surface area contributed by atoms with Crippen molar-refractivity contribution in [2.24, 2.45) is 0 Å². The number of likely N-dealkylation sites (tertiary alicyclic amines) is 1. The Hall–Kier alpha value is -4.71. The van der Waals surface area contributed by atoms with Gasteiger partial charge in [-0.05, 0) is 62.8 Å². The van der Waals surface area contributed by atoms with Crippen molar-refractivity contribution in [3.63, 3.8) is 0 Å². The number of carbonyl (C=O) groups excluding carboxylic acids is 2. The number of pyridine rings is 1. The zero-order chi connectivity index (χ0) is 25.6. The third-order valence-corrected chi connectivity index (χ3v) is 7.22. The van der Waals surface area contributed by atoms with Gasteiger partial charge in [-0.15, -0.1) is 0 Å². The lowest BCUT2D eigenvalue weighted by Crippen LogP contribution is -2.38. The van der Waals surface area contributed by atoms with E-state index >= 15 is 0 Å². The van der Waals surface area contributed by atoms with E-state index in [1.165, 1.54) is 0 Å². The number of nitrogens with one attached hydrogen (secondary N) is 1. The third-order valence-electron chi connectivity index (χ3n) is 7.22. The lowest BCUT2D eigenvalue weighted by molar-refractivity contribution is -0.128. The molecular formula is C28H25N7O2. The van der Waals surface area contributed by atoms with Crippen LogP contribution in [0, 0.1) is 11.8 Å². The fourth-order valence-corrected chi connectivity index (χ4v) is 5.32. The molecular weight excluding hydrogens is 466 g/mol. The van der Waals surface area contributed by atoms with Gasteiger partial charge in [0.25, 0.3) is 11.8 Å². The van der Waals surface area contributed by atoms with E-state index in [0.29, 0.717) is 28.4 Å². The second-order valence-corrected chi connectivity index (χ2v) is 9.43. The fourth-order valence-electron chi connectivity index (χ4n) is 5.32. The van der Waals surface area contributed by atoms with Crippen LogP contribution in [-0.2, 0) is 4.79 Å². The number of carbonyl (C=O) groups is 2. The van der Waals surface area contributed by atoms with Crippen LogP contribution in [-0.4, -0.2) is 41.6 Å². The van der Waals surface area contributed by atoms with Gasteiger partial charge in [0, 0.05) is 35.3 Å². The van der Waals surface area contributed by atoms with Gasteiger partial charge in [0.1, 0.15) is 28.7 Å². The zero-order valence-corrected chi connectivity index (χ0v) is 20.3. The van der Waals surface area contributed by atoms with Crippen molar-refractivity contribution >= 4 is 29.0 Å². The van der Waals surface area contributed by atoms with E-state index in [2.05, 4.69) is 27.1 Å². The molecule has 3 N–H and O–H groups in total. The van der Waals surface area contributed by atoms with Gasteiger partial charge >= 0.3 is 0 Å². The van der Waals surface area contributed by atoms with E-state index in [9.17, 15) is 9.59 Å². The van der Waals surface area contributed by atoms with E-state index in [1.807, 2.05) is 33.7 Å².